The number of rotatable bonds is 4. The van der Waals surface area contributed by atoms with Crippen LogP contribution in [-0.4, -0.2) is 45.0 Å². The number of esters is 1. The largest absolute Gasteiger partial charge is 0.486 e. The molecule has 0 aliphatic carbocycles. The summed E-state index contributed by atoms with van der Waals surface area (Å²) in [6, 6.07) is 9.68. The van der Waals surface area contributed by atoms with Crippen LogP contribution in [0.25, 0.3) is 0 Å². The number of carbonyl (C=O) groups excluding carboxylic acids is 1. The summed E-state index contributed by atoms with van der Waals surface area (Å²) in [7, 11) is -3.68. The van der Waals surface area contributed by atoms with Gasteiger partial charge in [-0.1, -0.05) is 11.6 Å². The zero-order valence-electron chi connectivity index (χ0n) is 16.5. The van der Waals surface area contributed by atoms with Crippen LogP contribution >= 0.6 is 11.6 Å². The van der Waals surface area contributed by atoms with E-state index in [1.165, 1.54) is 16.4 Å². The first kappa shape index (κ1) is 21.0. The van der Waals surface area contributed by atoms with Crippen LogP contribution in [-0.2, 0) is 14.8 Å². The van der Waals surface area contributed by atoms with Crippen LogP contribution in [0, 0.1) is 12.8 Å². The van der Waals surface area contributed by atoms with E-state index < -0.39 is 10.0 Å². The summed E-state index contributed by atoms with van der Waals surface area (Å²) < 4.78 is 43.9. The van der Waals surface area contributed by atoms with E-state index in [0.717, 1.165) is 5.56 Å². The smallest absolute Gasteiger partial charge is 0.314 e. The van der Waals surface area contributed by atoms with Crippen molar-refractivity contribution < 1.29 is 27.4 Å². The van der Waals surface area contributed by atoms with Crippen molar-refractivity contribution in [3.63, 3.8) is 0 Å². The lowest BCUT2D eigenvalue weighted by atomic mass is 9.98. The fourth-order valence-electron chi connectivity index (χ4n) is 3.58. The summed E-state index contributed by atoms with van der Waals surface area (Å²) in [6.45, 7) is 3.14. The standard InChI is InChI=1S/C21H22ClNO6S/c1-14-12-16(22)2-4-18(14)29-21(24)15-6-8-23(9-7-15)30(25,26)17-3-5-19-20(13-17)28-11-10-27-19/h2-5,12-13,15H,6-11H2,1H3. The van der Waals surface area contributed by atoms with E-state index >= 15 is 0 Å². The van der Waals surface area contributed by atoms with Crippen molar-refractivity contribution in [1.82, 2.24) is 4.31 Å². The number of fused-ring (bicyclic) bond motifs is 1. The molecular weight excluding hydrogens is 430 g/mol. The first-order chi connectivity index (χ1) is 14.3. The lowest BCUT2D eigenvalue weighted by molar-refractivity contribution is -0.140. The fourth-order valence-corrected chi connectivity index (χ4v) is 5.30. The number of hydrogen-bond donors (Lipinski definition) is 0. The highest BCUT2D eigenvalue weighted by atomic mass is 35.5. The molecule has 0 N–H and O–H groups in total. The highest BCUT2D eigenvalue weighted by Gasteiger charge is 2.33. The Morgan fingerprint density at radius 1 is 1.07 bits per heavy atom. The Bertz CT molecular complexity index is 1060. The van der Waals surface area contributed by atoms with Gasteiger partial charge in [-0.2, -0.15) is 4.31 Å². The molecule has 2 aliphatic rings. The number of aryl methyl sites for hydroxylation is 1. The summed E-state index contributed by atoms with van der Waals surface area (Å²) in [6.07, 6.45) is 0.796. The van der Waals surface area contributed by atoms with Crippen molar-refractivity contribution in [3.8, 4) is 17.2 Å². The van der Waals surface area contributed by atoms with Gasteiger partial charge < -0.3 is 14.2 Å². The maximum Gasteiger partial charge on any atom is 0.314 e. The Morgan fingerprint density at radius 3 is 2.47 bits per heavy atom. The fraction of sp³-hybridized carbons (Fsp3) is 0.381. The van der Waals surface area contributed by atoms with Gasteiger partial charge in [0.05, 0.1) is 10.8 Å². The zero-order valence-corrected chi connectivity index (χ0v) is 18.0. The van der Waals surface area contributed by atoms with E-state index in [1.54, 1.807) is 24.3 Å². The topological polar surface area (TPSA) is 82.1 Å². The van der Waals surface area contributed by atoms with Crippen molar-refractivity contribution in [2.45, 2.75) is 24.7 Å². The molecule has 0 spiro atoms. The number of sulfonamides is 1. The first-order valence-corrected chi connectivity index (χ1v) is 11.5. The molecule has 1 saturated heterocycles. The summed E-state index contributed by atoms with van der Waals surface area (Å²) in [5.74, 6) is 0.734. The molecule has 0 atom stereocenters. The molecule has 2 aromatic rings. The molecule has 1 fully saturated rings. The van der Waals surface area contributed by atoms with Gasteiger partial charge in [0, 0.05) is 24.2 Å². The molecule has 0 saturated carbocycles. The highest BCUT2D eigenvalue weighted by Crippen LogP contribution is 2.34. The first-order valence-electron chi connectivity index (χ1n) is 9.72. The molecule has 160 valence electrons. The molecule has 4 rings (SSSR count). The average molecular weight is 452 g/mol. The Balaban J connectivity index is 1.40. The minimum absolute atomic E-state index is 0.157. The number of ether oxygens (including phenoxy) is 3. The van der Waals surface area contributed by atoms with E-state index in [9.17, 15) is 13.2 Å². The SMILES string of the molecule is Cc1cc(Cl)ccc1OC(=O)C1CCN(S(=O)(=O)c2ccc3c(c2)OCCO3)CC1. The lowest BCUT2D eigenvalue weighted by Crippen LogP contribution is -2.41. The minimum Gasteiger partial charge on any atom is -0.486 e. The molecule has 0 radical (unpaired) electrons. The van der Waals surface area contributed by atoms with Gasteiger partial charge in [0.2, 0.25) is 10.0 Å². The maximum atomic E-state index is 13.0. The number of benzene rings is 2. The molecule has 0 unspecified atom stereocenters. The lowest BCUT2D eigenvalue weighted by Gasteiger charge is -2.30. The van der Waals surface area contributed by atoms with Gasteiger partial charge >= 0.3 is 5.97 Å². The summed E-state index contributed by atoms with van der Waals surface area (Å²) in [5, 5.41) is 0.574. The van der Waals surface area contributed by atoms with E-state index in [0.29, 0.717) is 48.3 Å². The zero-order chi connectivity index (χ0) is 21.3. The molecule has 2 aliphatic heterocycles. The third kappa shape index (κ3) is 4.26. The van der Waals surface area contributed by atoms with Crippen molar-refractivity contribution in [2.24, 2.45) is 5.92 Å². The molecule has 0 bridgehead atoms. The quantitative estimate of drug-likeness (QED) is 0.523. The van der Waals surface area contributed by atoms with Gasteiger partial charge in [-0.3, -0.25) is 4.79 Å². The predicted molar refractivity (Wildman–Crippen MR) is 111 cm³/mol. The van der Waals surface area contributed by atoms with Gasteiger partial charge in [-0.15, -0.1) is 0 Å². The number of halogens is 1. The predicted octanol–water partition coefficient (Wildman–Crippen LogP) is 3.43. The van der Waals surface area contributed by atoms with Crippen LogP contribution in [0.2, 0.25) is 5.02 Å². The Kier molecular flexibility index (Phi) is 5.90. The molecule has 0 amide bonds. The van der Waals surface area contributed by atoms with Crippen molar-refractivity contribution in [2.75, 3.05) is 26.3 Å². The van der Waals surface area contributed by atoms with Crippen molar-refractivity contribution >= 4 is 27.6 Å². The Hall–Kier alpha value is -2.29. The number of hydrogen-bond acceptors (Lipinski definition) is 6. The maximum absolute atomic E-state index is 13.0. The number of nitrogens with zero attached hydrogens (tertiary/aromatic N) is 1. The average Bonchev–Trinajstić information content (AvgIpc) is 2.75. The van der Waals surface area contributed by atoms with Crippen LogP contribution in [0.3, 0.4) is 0 Å². The van der Waals surface area contributed by atoms with Crippen LogP contribution < -0.4 is 14.2 Å². The van der Waals surface area contributed by atoms with Gasteiger partial charge in [0.25, 0.3) is 0 Å². The van der Waals surface area contributed by atoms with Crippen LogP contribution in [0.15, 0.2) is 41.3 Å². The number of carbonyl (C=O) groups is 1. The summed E-state index contributed by atoms with van der Waals surface area (Å²) >= 11 is 5.93. The van der Waals surface area contributed by atoms with Crippen LogP contribution in [0.5, 0.6) is 17.2 Å². The normalized spacial score (nSPS) is 17.5. The van der Waals surface area contributed by atoms with E-state index in [1.807, 2.05) is 6.92 Å². The van der Waals surface area contributed by atoms with Crippen molar-refractivity contribution in [3.05, 3.63) is 47.0 Å². The van der Waals surface area contributed by atoms with E-state index in [2.05, 4.69) is 0 Å². The van der Waals surface area contributed by atoms with Crippen molar-refractivity contribution in [1.29, 1.82) is 0 Å². The Morgan fingerprint density at radius 2 is 1.77 bits per heavy atom. The second-order valence-corrected chi connectivity index (χ2v) is 9.69. The van der Waals surface area contributed by atoms with Gasteiger partial charge in [0.1, 0.15) is 19.0 Å². The third-order valence-electron chi connectivity index (χ3n) is 5.29. The number of piperidine rings is 1. The van der Waals surface area contributed by atoms with Gasteiger partial charge in [-0.25, -0.2) is 8.42 Å². The van der Waals surface area contributed by atoms with Crippen LogP contribution in [0.4, 0.5) is 0 Å². The third-order valence-corrected chi connectivity index (χ3v) is 7.42. The molecule has 9 heteroatoms. The molecule has 30 heavy (non-hydrogen) atoms. The van der Waals surface area contributed by atoms with E-state index in [4.69, 9.17) is 25.8 Å². The second kappa shape index (κ2) is 8.45. The van der Waals surface area contributed by atoms with Crippen LogP contribution in [0.1, 0.15) is 18.4 Å². The molecule has 0 aromatic heterocycles. The molecule has 2 aromatic carbocycles. The molecular formula is C21H22ClNO6S. The molecule has 7 nitrogen and oxygen atoms in total. The summed E-state index contributed by atoms with van der Waals surface area (Å²) in [4.78, 5) is 12.7. The molecule has 2 heterocycles. The summed E-state index contributed by atoms with van der Waals surface area (Å²) in [5.41, 5.74) is 0.773. The minimum atomic E-state index is -3.68. The highest BCUT2D eigenvalue weighted by molar-refractivity contribution is 7.89. The van der Waals surface area contributed by atoms with Gasteiger partial charge in [0.15, 0.2) is 11.5 Å². The second-order valence-electron chi connectivity index (χ2n) is 7.31. The van der Waals surface area contributed by atoms with E-state index in [-0.39, 0.29) is 29.9 Å². The monoisotopic (exact) mass is 451 g/mol. The van der Waals surface area contributed by atoms with Gasteiger partial charge in [-0.05, 0) is 55.7 Å². The Labute approximate surface area is 180 Å².